The Balaban J connectivity index is 1.59. The molecule has 0 fully saturated rings. The molecule has 0 aliphatic carbocycles. The lowest BCUT2D eigenvalue weighted by Gasteiger charge is -2.35. The molecule has 0 bridgehead atoms. The van der Waals surface area contributed by atoms with Crippen molar-refractivity contribution in [2.24, 2.45) is 5.14 Å². The summed E-state index contributed by atoms with van der Waals surface area (Å²) in [6.45, 7) is 5.07. The van der Waals surface area contributed by atoms with Crippen molar-refractivity contribution < 1.29 is 17.6 Å². The second kappa shape index (κ2) is 8.58. The van der Waals surface area contributed by atoms with E-state index in [1.807, 2.05) is 30.3 Å². The van der Waals surface area contributed by atoms with Crippen molar-refractivity contribution >= 4 is 27.3 Å². The van der Waals surface area contributed by atoms with Gasteiger partial charge in [-0.1, -0.05) is 30.3 Å². The van der Waals surface area contributed by atoms with E-state index in [-0.39, 0.29) is 28.0 Å². The Labute approximate surface area is 185 Å². The zero-order valence-electron chi connectivity index (χ0n) is 17.4. The average molecular weight is 460 g/mol. The van der Waals surface area contributed by atoms with E-state index in [0.717, 1.165) is 25.1 Å². The van der Waals surface area contributed by atoms with Crippen molar-refractivity contribution in [2.45, 2.75) is 37.8 Å². The summed E-state index contributed by atoms with van der Waals surface area (Å²) in [6, 6.07) is 12.1. The molecule has 0 radical (unpaired) electrons. The molecule has 164 valence electrons. The lowest BCUT2D eigenvalue weighted by atomic mass is 10.0. The zero-order chi connectivity index (χ0) is 22.2. The minimum absolute atomic E-state index is 0.0226. The Morgan fingerprint density at radius 2 is 1.97 bits per heavy atom. The number of nitrogens with two attached hydrogens (primary N) is 1. The van der Waals surface area contributed by atoms with E-state index in [1.165, 1.54) is 17.4 Å². The van der Waals surface area contributed by atoms with Gasteiger partial charge in [-0.3, -0.25) is 9.69 Å². The fraction of sp³-hybridized carbons (Fsp3) is 0.318. The topological polar surface area (TPSA) is 106 Å². The summed E-state index contributed by atoms with van der Waals surface area (Å²) >= 11 is 1.78. The van der Waals surface area contributed by atoms with Gasteiger partial charge in [0.2, 0.25) is 10.0 Å². The summed E-state index contributed by atoms with van der Waals surface area (Å²) in [7, 11) is -4.09. The van der Waals surface area contributed by atoms with Crippen LogP contribution in [0.2, 0.25) is 0 Å². The minimum Gasteiger partial charge on any atom is -0.464 e. The van der Waals surface area contributed by atoms with Gasteiger partial charge in [0.25, 0.3) is 5.91 Å². The molecule has 2 aromatic heterocycles. The highest BCUT2D eigenvalue weighted by molar-refractivity contribution is 7.89. The average Bonchev–Trinajstić information content (AvgIpc) is 3.31. The molecule has 1 aliphatic rings. The summed E-state index contributed by atoms with van der Waals surface area (Å²) in [5, 5.41) is 10.4. The third-order valence-corrected chi connectivity index (χ3v) is 7.72. The summed E-state index contributed by atoms with van der Waals surface area (Å²) in [5.41, 5.74) is 2.39. The number of hydrogen-bond acceptors (Lipinski definition) is 6. The van der Waals surface area contributed by atoms with Crippen molar-refractivity contribution in [1.82, 2.24) is 10.2 Å². The van der Waals surface area contributed by atoms with Crippen molar-refractivity contribution in [3.05, 3.63) is 74.9 Å². The van der Waals surface area contributed by atoms with Crippen LogP contribution >= 0.6 is 11.3 Å². The van der Waals surface area contributed by atoms with Gasteiger partial charge in [0.15, 0.2) is 0 Å². The van der Waals surface area contributed by atoms with Crippen LogP contribution in [0.1, 0.15) is 43.9 Å². The molecule has 0 spiro atoms. The Morgan fingerprint density at radius 1 is 1.23 bits per heavy atom. The highest BCUT2D eigenvalue weighted by atomic mass is 32.2. The number of carbonyl (C=O) groups is 1. The maximum absolute atomic E-state index is 13.0. The first-order valence-electron chi connectivity index (χ1n) is 10.0. The van der Waals surface area contributed by atoms with Crippen LogP contribution in [0, 0.1) is 13.8 Å². The van der Waals surface area contributed by atoms with E-state index in [1.54, 1.807) is 18.3 Å². The Hall–Kier alpha value is -2.46. The first kappa shape index (κ1) is 21.8. The first-order chi connectivity index (χ1) is 14.8. The smallest absolute Gasteiger partial charge is 0.256 e. The molecule has 3 heterocycles. The number of sulfonamides is 1. The van der Waals surface area contributed by atoms with E-state index < -0.39 is 15.9 Å². The van der Waals surface area contributed by atoms with Crippen molar-refractivity contribution in [1.29, 1.82) is 0 Å². The van der Waals surface area contributed by atoms with E-state index in [4.69, 9.17) is 9.56 Å². The maximum atomic E-state index is 13.0. The number of nitrogens with one attached hydrogen (secondary N) is 1. The predicted molar refractivity (Wildman–Crippen MR) is 120 cm³/mol. The number of amides is 1. The predicted octanol–water partition coefficient (Wildman–Crippen LogP) is 3.13. The molecule has 7 nitrogen and oxygen atoms in total. The van der Waals surface area contributed by atoms with Crippen LogP contribution in [0.25, 0.3) is 0 Å². The highest BCUT2D eigenvalue weighted by Crippen LogP contribution is 2.31. The first-order valence-corrected chi connectivity index (χ1v) is 12.4. The standard InChI is InChI=1S/C22H25N3O4S2/c1-14-20(21(15(2)29-14)31(23,27)28)22(26)24-12-18(16-6-4-3-5-7-16)25-10-8-19-17(13-25)9-11-30-19/h3-7,9,11,18H,8,10,12-13H2,1-2H3,(H,24,26)(H2,23,27,28). The number of benzene rings is 1. The van der Waals surface area contributed by atoms with Crippen LogP contribution in [0.5, 0.6) is 0 Å². The summed E-state index contributed by atoms with van der Waals surface area (Å²) in [6.07, 6.45) is 0.972. The van der Waals surface area contributed by atoms with Gasteiger partial charge in [-0.05, 0) is 42.8 Å². The number of primary sulfonamides is 1. The molecule has 0 saturated heterocycles. The maximum Gasteiger partial charge on any atom is 0.256 e. The van der Waals surface area contributed by atoms with Gasteiger partial charge >= 0.3 is 0 Å². The number of carbonyl (C=O) groups excluding carboxylic acids is 1. The van der Waals surface area contributed by atoms with Crippen LogP contribution in [-0.2, 0) is 23.0 Å². The number of nitrogens with zero attached hydrogens (tertiary/aromatic N) is 1. The quantitative estimate of drug-likeness (QED) is 0.589. The largest absolute Gasteiger partial charge is 0.464 e. The zero-order valence-corrected chi connectivity index (χ0v) is 19.1. The second-order valence-electron chi connectivity index (χ2n) is 7.69. The minimum atomic E-state index is -4.09. The number of thiophene rings is 1. The monoisotopic (exact) mass is 459 g/mol. The van der Waals surface area contributed by atoms with Crippen LogP contribution in [-0.4, -0.2) is 32.3 Å². The van der Waals surface area contributed by atoms with Gasteiger partial charge < -0.3 is 9.73 Å². The third kappa shape index (κ3) is 4.45. The molecule has 9 heteroatoms. The highest BCUT2D eigenvalue weighted by Gasteiger charge is 2.30. The fourth-order valence-corrected chi connectivity index (χ4v) is 6.07. The van der Waals surface area contributed by atoms with Gasteiger partial charge in [0.05, 0.1) is 6.04 Å². The van der Waals surface area contributed by atoms with Crippen LogP contribution in [0.15, 0.2) is 51.1 Å². The van der Waals surface area contributed by atoms with Gasteiger partial charge in [-0.25, -0.2) is 13.6 Å². The molecule has 3 N–H and O–H groups in total. The second-order valence-corrected chi connectivity index (χ2v) is 10.2. The van der Waals surface area contributed by atoms with E-state index in [2.05, 4.69) is 21.7 Å². The molecule has 4 rings (SSSR count). The lowest BCUT2D eigenvalue weighted by Crippen LogP contribution is -2.40. The Morgan fingerprint density at radius 3 is 2.68 bits per heavy atom. The molecule has 1 atom stereocenters. The number of fused-ring (bicyclic) bond motifs is 1. The summed E-state index contributed by atoms with van der Waals surface area (Å²) < 4.78 is 29.4. The lowest BCUT2D eigenvalue weighted by molar-refractivity contribution is 0.0923. The van der Waals surface area contributed by atoms with E-state index in [9.17, 15) is 13.2 Å². The molecule has 31 heavy (non-hydrogen) atoms. The van der Waals surface area contributed by atoms with E-state index >= 15 is 0 Å². The molecular weight excluding hydrogens is 434 g/mol. The normalized spacial score (nSPS) is 15.5. The number of rotatable bonds is 6. The third-order valence-electron chi connectivity index (χ3n) is 5.63. The Bertz CT molecular complexity index is 1200. The van der Waals surface area contributed by atoms with Crippen molar-refractivity contribution in [2.75, 3.05) is 13.1 Å². The Kier molecular flexibility index (Phi) is 6.02. The van der Waals surface area contributed by atoms with Crippen LogP contribution in [0.3, 0.4) is 0 Å². The number of aryl methyl sites for hydroxylation is 2. The number of furan rings is 1. The SMILES string of the molecule is Cc1oc(C)c(S(N)(=O)=O)c1C(=O)NCC(c1ccccc1)N1CCc2sccc2C1. The summed E-state index contributed by atoms with van der Waals surface area (Å²) in [4.78, 5) is 16.5. The van der Waals surface area contributed by atoms with Gasteiger partial charge in [-0.15, -0.1) is 11.3 Å². The van der Waals surface area contributed by atoms with Gasteiger partial charge in [-0.2, -0.15) is 0 Å². The van der Waals surface area contributed by atoms with Gasteiger partial charge in [0.1, 0.15) is 22.0 Å². The summed E-state index contributed by atoms with van der Waals surface area (Å²) in [5.74, 6) is -0.158. The molecular formula is C22H25N3O4S2. The van der Waals surface area contributed by atoms with Crippen LogP contribution < -0.4 is 10.5 Å². The van der Waals surface area contributed by atoms with E-state index in [0.29, 0.717) is 6.54 Å². The van der Waals surface area contributed by atoms with Crippen molar-refractivity contribution in [3.63, 3.8) is 0 Å². The van der Waals surface area contributed by atoms with Crippen molar-refractivity contribution in [3.8, 4) is 0 Å². The number of hydrogen-bond donors (Lipinski definition) is 2. The molecule has 1 aromatic carbocycles. The molecule has 1 aliphatic heterocycles. The van der Waals surface area contributed by atoms with Gasteiger partial charge in [0, 0.05) is 24.5 Å². The molecule has 1 unspecified atom stereocenters. The molecule has 0 saturated carbocycles. The van der Waals surface area contributed by atoms with Crippen LogP contribution in [0.4, 0.5) is 0 Å². The fourth-order valence-electron chi connectivity index (χ4n) is 4.22. The molecule has 3 aromatic rings. The molecule has 1 amide bonds.